The molecule has 20 heavy (non-hydrogen) atoms. The molecule has 0 N–H and O–H groups in total. The number of hydrogen-bond acceptors (Lipinski definition) is 5. The third-order valence-electron chi connectivity index (χ3n) is 4.28. The molecule has 0 aromatic heterocycles. The van der Waals surface area contributed by atoms with E-state index in [9.17, 15) is 9.59 Å². The van der Waals surface area contributed by atoms with Crippen LogP contribution in [0.15, 0.2) is 0 Å². The van der Waals surface area contributed by atoms with Crippen molar-refractivity contribution in [3.63, 3.8) is 0 Å². The summed E-state index contributed by atoms with van der Waals surface area (Å²) in [4.78, 5) is 23.7. The van der Waals surface area contributed by atoms with Crippen molar-refractivity contribution in [2.45, 2.75) is 45.1 Å². The maximum atomic E-state index is 12.1. The molecule has 2 rings (SSSR count). The monoisotopic (exact) mass is 284 g/mol. The Balaban J connectivity index is 1.99. The zero-order chi connectivity index (χ0) is 14.5. The third-order valence-corrected chi connectivity index (χ3v) is 4.28. The van der Waals surface area contributed by atoms with Gasteiger partial charge >= 0.3 is 11.9 Å². The molecule has 0 unspecified atom stereocenters. The normalized spacial score (nSPS) is 27.7. The SMILES string of the molecule is CCOC(=O)[C@H](CC(=O)OC)[C@@H]1CCO[C@@H](C2CC2)C1. The van der Waals surface area contributed by atoms with E-state index < -0.39 is 5.92 Å². The van der Waals surface area contributed by atoms with Crippen LogP contribution in [0, 0.1) is 17.8 Å². The van der Waals surface area contributed by atoms with Crippen LogP contribution in [0.1, 0.15) is 39.0 Å². The largest absolute Gasteiger partial charge is 0.469 e. The maximum Gasteiger partial charge on any atom is 0.309 e. The lowest BCUT2D eigenvalue weighted by Gasteiger charge is -2.33. The van der Waals surface area contributed by atoms with Crippen LogP contribution in [0.3, 0.4) is 0 Å². The van der Waals surface area contributed by atoms with E-state index in [0.717, 1.165) is 12.8 Å². The Morgan fingerprint density at radius 3 is 2.65 bits per heavy atom. The van der Waals surface area contributed by atoms with E-state index in [0.29, 0.717) is 19.1 Å². The molecule has 1 aliphatic carbocycles. The van der Waals surface area contributed by atoms with Gasteiger partial charge < -0.3 is 14.2 Å². The molecule has 1 heterocycles. The zero-order valence-corrected chi connectivity index (χ0v) is 12.3. The molecule has 2 aliphatic rings. The van der Waals surface area contributed by atoms with Gasteiger partial charge in [-0.2, -0.15) is 0 Å². The van der Waals surface area contributed by atoms with Crippen LogP contribution in [-0.4, -0.2) is 38.4 Å². The molecule has 0 bridgehead atoms. The summed E-state index contributed by atoms with van der Waals surface area (Å²) in [7, 11) is 1.35. The molecule has 1 aliphatic heterocycles. The van der Waals surface area contributed by atoms with Crippen LogP contribution in [0.25, 0.3) is 0 Å². The van der Waals surface area contributed by atoms with Gasteiger partial charge in [-0.15, -0.1) is 0 Å². The first-order chi connectivity index (χ1) is 9.65. The Bertz CT molecular complexity index is 350. The van der Waals surface area contributed by atoms with Gasteiger partial charge in [0.1, 0.15) is 0 Å². The van der Waals surface area contributed by atoms with Crippen LogP contribution in [0.4, 0.5) is 0 Å². The summed E-state index contributed by atoms with van der Waals surface area (Å²) in [5, 5.41) is 0. The van der Waals surface area contributed by atoms with Gasteiger partial charge in [-0.05, 0) is 44.4 Å². The fraction of sp³-hybridized carbons (Fsp3) is 0.867. The van der Waals surface area contributed by atoms with Crippen molar-refractivity contribution in [1.29, 1.82) is 0 Å². The number of methoxy groups -OCH3 is 1. The quantitative estimate of drug-likeness (QED) is 0.697. The summed E-state index contributed by atoms with van der Waals surface area (Å²) in [5.74, 6) is -0.212. The Kier molecular flexibility index (Phi) is 5.40. The summed E-state index contributed by atoms with van der Waals surface area (Å²) >= 11 is 0. The van der Waals surface area contributed by atoms with Crippen molar-refractivity contribution in [2.24, 2.45) is 17.8 Å². The fourth-order valence-electron chi connectivity index (χ4n) is 2.97. The lowest BCUT2D eigenvalue weighted by Crippen LogP contribution is -2.36. The minimum atomic E-state index is -0.396. The predicted octanol–water partition coefficient (Wildman–Crippen LogP) is 1.93. The molecule has 0 aromatic rings. The zero-order valence-electron chi connectivity index (χ0n) is 12.3. The van der Waals surface area contributed by atoms with Crippen molar-refractivity contribution in [1.82, 2.24) is 0 Å². The fourth-order valence-corrected chi connectivity index (χ4v) is 2.97. The Labute approximate surface area is 120 Å². The first-order valence-corrected chi connectivity index (χ1v) is 7.50. The van der Waals surface area contributed by atoms with E-state index in [1.54, 1.807) is 6.92 Å². The van der Waals surface area contributed by atoms with Gasteiger partial charge in [-0.3, -0.25) is 9.59 Å². The number of hydrogen-bond donors (Lipinski definition) is 0. The number of esters is 2. The molecule has 5 nitrogen and oxygen atoms in total. The summed E-state index contributed by atoms with van der Waals surface area (Å²) in [6.45, 7) is 2.79. The van der Waals surface area contributed by atoms with Crippen LogP contribution < -0.4 is 0 Å². The lowest BCUT2D eigenvalue weighted by molar-refractivity contribution is -0.158. The summed E-state index contributed by atoms with van der Waals surface area (Å²) in [5.41, 5.74) is 0. The van der Waals surface area contributed by atoms with Gasteiger partial charge in [0.05, 0.1) is 32.2 Å². The van der Waals surface area contributed by atoms with E-state index in [4.69, 9.17) is 14.2 Å². The number of rotatable bonds is 6. The minimum Gasteiger partial charge on any atom is -0.469 e. The average Bonchev–Trinajstić information content (AvgIpc) is 3.29. The highest BCUT2D eigenvalue weighted by Gasteiger charge is 2.41. The molecule has 0 spiro atoms. The molecule has 0 aromatic carbocycles. The van der Waals surface area contributed by atoms with Crippen LogP contribution in [0.5, 0.6) is 0 Å². The number of carbonyl (C=O) groups excluding carboxylic acids is 2. The van der Waals surface area contributed by atoms with Crippen LogP contribution in [0.2, 0.25) is 0 Å². The molecule has 114 valence electrons. The Hall–Kier alpha value is -1.10. The van der Waals surface area contributed by atoms with E-state index >= 15 is 0 Å². The second kappa shape index (κ2) is 7.07. The second-order valence-electron chi connectivity index (χ2n) is 5.67. The summed E-state index contributed by atoms with van der Waals surface area (Å²) in [6.07, 6.45) is 4.46. The summed E-state index contributed by atoms with van der Waals surface area (Å²) < 4.78 is 15.6. The van der Waals surface area contributed by atoms with E-state index in [-0.39, 0.29) is 30.4 Å². The second-order valence-corrected chi connectivity index (χ2v) is 5.67. The molecule has 0 amide bonds. The topological polar surface area (TPSA) is 61.8 Å². The molecule has 0 radical (unpaired) electrons. The van der Waals surface area contributed by atoms with E-state index in [1.165, 1.54) is 20.0 Å². The molecule has 2 fully saturated rings. The van der Waals surface area contributed by atoms with Crippen molar-refractivity contribution >= 4 is 11.9 Å². The maximum absolute atomic E-state index is 12.1. The van der Waals surface area contributed by atoms with Crippen molar-refractivity contribution < 1.29 is 23.8 Å². The molecular weight excluding hydrogens is 260 g/mol. The minimum absolute atomic E-state index is 0.109. The highest BCUT2D eigenvalue weighted by atomic mass is 16.5. The molecule has 1 saturated carbocycles. The van der Waals surface area contributed by atoms with E-state index in [1.807, 2.05) is 0 Å². The molecule has 5 heteroatoms. The van der Waals surface area contributed by atoms with Gasteiger partial charge in [-0.25, -0.2) is 0 Å². The summed E-state index contributed by atoms with van der Waals surface area (Å²) in [6, 6.07) is 0. The standard InChI is InChI=1S/C15H24O5/c1-3-19-15(17)12(9-14(16)18-2)11-6-7-20-13(8-11)10-4-5-10/h10-13H,3-9H2,1-2H3/t11-,12-,13-/m1/s1. The third kappa shape index (κ3) is 3.95. The van der Waals surface area contributed by atoms with Crippen molar-refractivity contribution in [3.05, 3.63) is 0 Å². The Morgan fingerprint density at radius 1 is 1.30 bits per heavy atom. The van der Waals surface area contributed by atoms with Crippen LogP contribution >= 0.6 is 0 Å². The lowest BCUT2D eigenvalue weighted by atomic mass is 9.81. The highest BCUT2D eigenvalue weighted by Crippen LogP contribution is 2.41. The van der Waals surface area contributed by atoms with Gasteiger partial charge in [0.2, 0.25) is 0 Å². The van der Waals surface area contributed by atoms with E-state index in [2.05, 4.69) is 0 Å². The first kappa shape index (κ1) is 15.3. The predicted molar refractivity (Wildman–Crippen MR) is 71.9 cm³/mol. The molecule has 3 atom stereocenters. The average molecular weight is 284 g/mol. The highest BCUT2D eigenvalue weighted by molar-refractivity contribution is 5.80. The number of ether oxygens (including phenoxy) is 3. The Morgan fingerprint density at radius 2 is 2.05 bits per heavy atom. The van der Waals surface area contributed by atoms with Crippen LogP contribution in [-0.2, 0) is 23.8 Å². The van der Waals surface area contributed by atoms with Crippen molar-refractivity contribution in [3.8, 4) is 0 Å². The molecule has 1 saturated heterocycles. The first-order valence-electron chi connectivity index (χ1n) is 7.50. The molecular formula is C15H24O5. The van der Waals surface area contributed by atoms with Gasteiger partial charge in [-0.1, -0.05) is 0 Å². The van der Waals surface area contributed by atoms with Gasteiger partial charge in [0, 0.05) is 6.61 Å². The van der Waals surface area contributed by atoms with Gasteiger partial charge in [0.15, 0.2) is 0 Å². The van der Waals surface area contributed by atoms with Crippen molar-refractivity contribution in [2.75, 3.05) is 20.3 Å². The smallest absolute Gasteiger partial charge is 0.309 e. The number of carbonyl (C=O) groups is 2. The van der Waals surface area contributed by atoms with Gasteiger partial charge in [0.25, 0.3) is 0 Å².